The van der Waals surface area contributed by atoms with Crippen molar-refractivity contribution in [3.05, 3.63) is 83.9 Å². The molecule has 5 rings (SSSR count). The van der Waals surface area contributed by atoms with Gasteiger partial charge in [-0.1, -0.05) is 42.0 Å². The van der Waals surface area contributed by atoms with Gasteiger partial charge in [-0.2, -0.15) is 13.0 Å². The molecule has 0 aliphatic carbocycles. The molecule has 1 aromatic heterocycles. The van der Waals surface area contributed by atoms with Gasteiger partial charge in [0.15, 0.2) is 6.54 Å². The minimum Gasteiger partial charge on any atom is -0.330 e. The van der Waals surface area contributed by atoms with E-state index in [9.17, 15) is 40.6 Å². The molecule has 0 bridgehead atoms. The minimum absolute atomic E-state index is 0.0728. The third kappa shape index (κ3) is 7.32. The summed E-state index contributed by atoms with van der Waals surface area (Å²) in [7, 11) is -8.69. The van der Waals surface area contributed by atoms with Crippen molar-refractivity contribution >= 4 is 65.6 Å². The molecule has 0 saturated carbocycles. The maximum Gasteiger partial charge on any atom is 0.333 e. The molecular weight excluding hydrogens is 650 g/mol. The Morgan fingerprint density at radius 2 is 1.40 bits per heavy atom. The third-order valence-electron chi connectivity index (χ3n) is 7.70. The fourth-order valence-electron chi connectivity index (χ4n) is 5.46. The summed E-state index contributed by atoms with van der Waals surface area (Å²) in [4.78, 5) is 55.6. The second-order valence-corrected chi connectivity index (χ2v) is 14.5. The molecule has 0 unspecified atom stereocenters. The van der Waals surface area contributed by atoms with E-state index in [4.69, 9.17) is 4.84 Å². The zero-order valence-electron chi connectivity index (χ0n) is 25.4. The molecule has 1 fully saturated rings. The molecule has 1 N–H and O–H groups in total. The largest absolute Gasteiger partial charge is 0.333 e. The first-order valence-electron chi connectivity index (χ1n) is 14.8. The van der Waals surface area contributed by atoms with Gasteiger partial charge in [-0.15, -0.1) is 5.06 Å². The number of hydrogen-bond donors (Lipinski definition) is 1. The highest BCUT2D eigenvalue weighted by Crippen LogP contribution is 2.29. The molecule has 15 heteroatoms. The molecule has 1 saturated heterocycles. The molecular formula is C32H32N3O10S2+. The van der Waals surface area contributed by atoms with E-state index in [1.807, 2.05) is 4.57 Å². The van der Waals surface area contributed by atoms with Gasteiger partial charge in [-0.05, 0) is 37.6 Å². The lowest BCUT2D eigenvalue weighted by Gasteiger charge is -2.24. The van der Waals surface area contributed by atoms with Crippen LogP contribution in [0.5, 0.6) is 0 Å². The number of benzene rings is 3. The van der Waals surface area contributed by atoms with Gasteiger partial charge in [0.1, 0.15) is 0 Å². The standard InChI is InChI=1S/C32H31N3O10S2/c1-22-13-15-23(16-14-22)47(43,44)34(20-6-12-30(38)45-35-28(36)17-18-29(35)37)32(39)31-24-8-2-4-10-26(24)33(19-7-21-46(40,41)42)27-11-5-3-9-25(27)31/h2-5,8-11,13-16H,6-7,12,17-21H2,1H3/p+1. The maximum atomic E-state index is 14.6. The monoisotopic (exact) mass is 682 g/mol. The molecule has 3 amide bonds. The normalized spacial score (nSPS) is 13.8. The third-order valence-corrected chi connectivity index (χ3v) is 10.3. The van der Waals surface area contributed by atoms with E-state index in [-0.39, 0.29) is 42.7 Å². The van der Waals surface area contributed by atoms with Crippen molar-refractivity contribution < 1.29 is 50.0 Å². The first-order chi connectivity index (χ1) is 22.3. The van der Waals surface area contributed by atoms with Gasteiger partial charge in [-0.3, -0.25) is 18.9 Å². The Kier molecular flexibility index (Phi) is 9.70. The van der Waals surface area contributed by atoms with Crippen molar-refractivity contribution in [2.75, 3.05) is 12.3 Å². The minimum atomic E-state index is -4.47. The highest BCUT2D eigenvalue weighted by atomic mass is 32.2. The summed E-state index contributed by atoms with van der Waals surface area (Å²) in [6, 6.07) is 19.6. The van der Waals surface area contributed by atoms with Crippen molar-refractivity contribution in [2.45, 2.75) is 50.5 Å². The van der Waals surface area contributed by atoms with Gasteiger partial charge < -0.3 is 4.84 Å². The molecule has 13 nitrogen and oxygen atoms in total. The number of nitrogens with zero attached hydrogens (tertiary/aromatic N) is 3. The number of pyridine rings is 1. The van der Waals surface area contributed by atoms with Crippen LogP contribution in [0.15, 0.2) is 77.7 Å². The summed E-state index contributed by atoms with van der Waals surface area (Å²) in [5, 5.41) is 1.21. The summed E-state index contributed by atoms with van der Waals surface area (Å²) >= 11 is 0. The lowest BCUT2D eigenvalue weighted by Crippen LogP contribution is -2.41. The number of carbonyl (C=O) groups is 4. The number of fused-ring (bicyclic) bond motifs is 2. The van der Waals surface area contributed by atoms with E-state index in [0.29, 0.717) is 31.2 Å². The van der Waals surface area contributed by atoms with Gasteiger partial charge in [0, 0.05) is 44.4 Å². The van der Waals surface area contributed by atoms with Gasteiger partial charge in [0.05, 0.1) is 27.0 Å². The number of aromatic nitrogens is 1. The zero-order valence-corrected chi connectivity index (χ0v) is 27.0. The average molecular weight is 683 g/mol. The van der Waals surface area contributed by atoms with E-state index in [2.05, 4.69) is 0 Å². The Balaban J connectivity index is 1.55. The van der Waals surface area contributed by atoms with Gasteiger partial charge in [-0.25, -0.2) is 17.5 Å². The van der Waals surface area contributed by atoms with Crippen LogP contribution in [0.4, 0.5) is 0 Å². The summed E-state index contributed by atoms with van der Waals surface area (Å²) in [5.41, 5.74) is 1.94. The smallest absolute Gasteiger partial charge is 0.330 e. The predicted octanol–water partition coefficient (Wildman–Crippen LogP) is 3.09. The molecule has 0 radical (unpaired) electrons. The lowest BCUT2D eigenvalue weighted by molar-refractivity contribution is -0.645. The Labute approximate surface area is 271 Å². The van der Waals surface area contributed by atoms with Gasteiger partial charge in [0.2, 0.25) is 11.0 Å². The summed E-state index contributed by atoms with van der Waals surface area (Å²) in [6.45, 7) is 1.52. The van der Waals surface area contributed by atoms with Crippen LogP contribution in [0, 0.1) is 6.92 Å². The molecule has 47 heavy (non-hydrogen) atoms. The van der Waals surface area contributed by atoms with Crippen molar-refractivity contribution in [1.29, 1.82) is 0 Å². The van der Waals surface area contributed by atoms with Crippen molar-refractivity contribution in [3.63, 3.8) is 0 Å². The quantitative estimate of drug-likeness (QED) is 0.101. The number of carbonyl (C=O) groups excluding carboxylic acids is 4. The number of sulfonamides is 1. The fraction of sp³-hybridized carbons (Fsp3) is 0.281. The van der Waals surface area contributed by atoms with Crippen molar-refractivity contribution in [2.24, 2.45) is 0 Å². The maximum absolute atomic E-state index is 14.6. The Morgan fingerprint density at radius 1 is 0.851 bits per heavy atom. The van der Waals surface area contributed by atoms with E-state index >= 15 is 0 Å². The molecule has 3 aromatic carbocycles. The number of para-hydroxylation sites is 2. The SMILES string of the molecule is Cc1ccc(S(=O)(=O)N(CCCC(=O)ON2C(=O)CCC2=O)C(=O)c2c3ccccc3[n+](CCCS(=O)(=O)O)c3ccccc23)cc1. The molecule has 0 spiro atoms. The Hall–Kier alpha value is -4.73. The lowest BCUT2D eigenvalue weighted by atomic mass is 10.0. The van der Waals surface area contributed by atoms with Crippen LogP contribution >= 0.6 is 0 Å². The van der Waals surface area contributed by atoms with Crippen LogP contribution < -0.4 is 4.57 Å². The molecule has 1 aliphatic rings. The van der Waals surface area contributed by atoms with E-state index in [1.54, 1.807) is 67.6 Å². The van der Waals surface area contributed by atoms with E-state index in [1.165, 1.54) is 12.1 Å². The van der Waals surface area contributed by atoms with Crippen LogP contribution in [0.3, 0.4) is 0 Å². The van der Waals surface area contributed by atoms with Gasteiger partial charge >= 0.3 is 5.97 Å². The van der Waals surface area contributed by atoms with Crippen LogP contribution in [-0.4, -0.2) is 66.7 Å². The molecule has 4 aromatic rings. The van der Waals surface area contributed by atoms with Gasteiger partial charge in [0.25, 0.3) is 37.9 Å². The predicted molar refractivity (Wildman–Crippen MR) is 168 cm³/mol. The summed E-state index contributed by atoms with van der Waals surface area (Å²) in [5.74, 6) is -3.58. The van der Waals surface area contributed by atoms with Crippen LogP contribution in [0.1, 0.15) is 48.0 Å². The van der Waals surface area contributed by atoms with Crippen molar-refractivity contribution in [1.82, 2.24) is 9.37 Å². The number of aryl methyl sites for hydroxylation is 2. The number of hydroxylamine groups is 2. The summed E-state index contributed by atoms with van der Waals surface area (Å²) < 4.78 is 62.8. The van der Waals surface area contributed by atoms with Crippen LogP contribution in [0.25, 0.3) is 21.8 Å². The first-order valence-corrected chi connectivity index (χ1v) is 17.8. The number of amides is 3. The highest BCUT2D eigenvalue weighted by molar-refractivity contribution is 7.89. The Morgan fingerprint density at radius 3 is 1.96 bits per heavy atom. The molecule has 2 heterocycles. The molecule has 1 aliphatic heterocycles. The number of hydrogen-bond acceptors (Lipinski definition) is 9. The topological polar surface area (TPSA) is 176 Å². The average Bonchev–Trinajstić information content (AvgIpc) is 3.34. The fourth-order valence-corrected chi connectivity index (χ4v) is 7.36. The van der Waals surface area contributed by atoms with Crippen LogP contribution in [0.2, 0.25) is 0 Å². The second-order valence-electron chi connectivity index (χ2n) is 11.0. The Bertz CT molecular complexity index is 2040. The van der Waals surface area contributed by atoms with Crippen molar-refractivity contribution in [3.8, 4) is 0 Å². The van der Waals surface area contributed by atoms with E-state index in [0.717, 1.165) is 5.56 Å². The first kappa shape index (κ1) is 33.6. The summed E-state index contributed by atoms with van der Waals surface area (Å²) in [6.07, 6.45) is -0.659. The molecule has 246 valence electrons. The highest BCUT2D eigenvalue weighted by Gasteiger charge is 2.35. The van der Waals surface area contributed by atoms with Crippen LogP contribution in [-0.2, 0) is 45.9 Å². The molecule has 0 atom stereocenters. The number of rotatable bonds is 12. The second kappa shape index (κ2) is 13.6. The zero-order chi connectivity index (χ0) is 33.9. The van der Waals surface area contributed by atoms with E-state index < -0.39 is 62.6 Å². The number of imide groups is 1.